The molecule has 0 saturated carbocycles. The fraction of sp³-hybridized carbons (Fsp3) is 0.0800. The van der Waals surface area contributed by atoms with Gasteiger partial charge in [0.2, 0.25) is 5.95 Å². The summed E-state index contributed by atoms with van der Waals surface area (Å²) in [5.41, 5.74) is 5.23. The molecule has 30 heavy (non-hydrogen) atoms. The summed E-state index contributed by atoms with van der Waals surface area (Å²) in [6.45, 7) is 1.88. The van der Waals surface area contributed by atoms with Crippen LogP contribution < -0.4 is 5.01 Å². The summed E-state index contributed by atoms with van der Waals surface area (Å²) in [6.07, 6.45) is 0. The van der Waals surface area contributed by atoms with Crippen molar-refractivity contribution in [2.75, 3.05) is 12.1 Å². The molecule has 4 rings (SSSR count). The molecule has 0 amide bonds. The van der Waals surface area contributed by atoms with Crippen LogP contribution in [0, 0.1) is 5.82 Å². The summed E-state index contributed by atoms with van der Waals surface area (Å²) >= 11 is 0. The zero-order valence-electron chi connectivity index (χ0n) is 16.8. The molecule has 4 aromatic rings. The van der Waals surface area contributed by atoms with Crippen LogP contribution in [-0.2, 0) is 0 Å². The van der Waals surface area contributed by atoms with Crippen LogP contribution in [0.3, 0.4) is 0 Å². The molecule has 4 nitrogen and oxygen atoms in total. The van der Waals surface area contributed by atoms with E-state index in [1.807, 2.05) is 80.7 Å². The smallest absolute Gasteiger partial charge is 0.235 e. The van der Waals surface area contributed by atoms with Gasteiger partial charge in [-0.05, 0) is 30.7 Å². The van der Waals surface area contributed by atoms with Crippen LogP contribution in [0.15, 0.2) is 96.1 Å². The van der Waals surface area contributed by atoms with E-state index >= 15 is 0 Å². The summed E-state index contributed by atoms with van der Waals surface area (Å²) in [5.74, 6) is 0.211. The van der Waals surface area contributed by atoms with Gasteiger partial charge in [-0.25, -0.2) is 19.4 Å². The maximum atomic E-state index is 13.2. The van der Waals surface area contributed by atoms with E-state index in [1.165, 1.54) is 12.1 Å². The lowest BCUT2D eigenvalue weighted by Crippen LogP contribution is -2.16. The number of nitrogens with zero attached hydrogens (tertiary/aromatic N) is 4. The molecule has 148 valence electrons. The standard InChI is InChI=1S/C25H21FN4/c1-18(19-13-15-22(26)16-14-19)29-30(2)25-27-23(20-9-5-3-6-10-20)17-24(28-25)21-11-7-4-8-12-21/h3-17H,1-2H3/b29-18-. The lowest BCUT2D eigenvalue weighted by atomic mass is 10.1. The molecule has 0 N–H and O–H groups in total. The largest absolute Gasteiger partial charge is 0.247 e. The number of anilines is 1. The van der Waals surface area contributed by atoms with Crippen molar-refractivity contribution >= 4 is 11.7 Å². The first kappa shape index (κ1) is 19.5. The average Bonchev–Trinajstić information content (AvgIpc) is 2.80. The van der Waals surface area contributed by atoms with E-state index in [-0.39, 0.29) is 5.82 Å². The molecular weight excluding hydrogens is 375 g/mol. The molecule has 0 bridgehead atoms. The van der Waals surface area contributed by atoms with E-state index in [4.69, 9.17) is 9.97 Å². The minimum absolute atomic E-state index is 0.272. The van der Waals surface area contributed by atoms with E-state index in [0.29, 0.717) is 5.95 Å². The van der Waals surface area contributed by atoms with E-state index < -0.39 is 0 Å². The quantitative estimate of drug-likeness (QED) is 0.316. The van der Waals surface area contributed by atoms with Gasteiger partial charge in [-0.15, -0.1) is 0 Å². The molecule has 0 saturated heterocycles. The Hall–Kier alpha value is -3.86. The lowest BCUT2D eigenvalue weighted by molar-refractivity contribution is 0.628. The Labute approximate surface area is 175 Å². The minimum atomic E-state index is -0.272. The van der Waals surface area contributed by atoms with Gasteiger partial charge in [0.05, 0.1) is 17.1 Å². The van der Waals surface area contributed by atoms with Crippen LogP contribution >= 0.6 is 0 Å². The highest BCUT2D eigenvalue weighted by Crippen LogP contribution is 2.26. The second-order valence-corrected chi connectivity index (χ2v) is 6.89. The molecule has 1 aromatic heterocycles. The van der Waals surface area contributed by atoms with Gasteiger partial charge >= 0.3 is 0 Å². The fourth-order valence-corrected chi connectivity index (χ4v) is 3.11. The van der Waals surface area contributed by atoms with Crippen molar-refractivity contribution in [3.05, 3.63) is 102 Å². The Bertz CT molecular complexity index is 1100. The number of benzene rings is 3. The van der Waals surface area contributed by atoms with Crippen molar-refractivity contribution in [1.82, 2.24) is 9.97 Å². The minimum Gasteiger partial charge on any atom is -0.235 e. The van der Waals surface area contributed by atoms with E-state index in [9.17, 15) is 4.39 Å². The molecule has 0 aliphatic heterocycles. The summed E-state index contributed by atoms with van der Waals surface area (Å²) in [6, 6.07) is 28.2. The van der Waals surface area contributed by atoms with E-state index in [1.54, 1.807) is 17.1 Å². The molecule has 3 aromatic carbocycles. The Morgan fingerprint density at radius 2 is 1.27 bits per heavy atom. The maximum Gasteiger partial charge on any atom is 0.247 e. The monoisotopic (exact) mass is 396 g/mol. The third-order valence-corrected chi connectivity index (χ3v) is 4.70. The first-order valence-corrected chi connectivity index (χ1v) is 9.65. The molecule has 0 aliphatic carbocycles. The lowest BCUT2D eigenvalue weighted by Gasteiger charge is -2.15. The number of hydrogen-bond acceptors (Lipinski definition) is 4. The van der Waals surface area contributed by atoms with Crippen molar-refractivity contribution in [2.45, 2.75) is 6.92 Å². The van der Waals surface area contributed by atoms with Gasteiger partial charge in [-0.3, -0.25) is 0 Å². The molecular formula is C25H21FN4. The second-order valence-electron chi connectivity index (χ2n) is 6.89. The van der Waals surface area contributed by atoms with Crippen LogP contribution in [0.25, 0.3) is 22.5 Å². The van der Waals surface area contributed by atoms with Gasteiger partial charge in [0.1, 0.15) is 5.82 Å². The predicted molar refractivity (Wildman–Crippen MR) is 120 cm³/mol. The van der Waals surface area contributed by atoms with Gasteiger partial charge in [-0.1, -0.05) is 72.8 Å². The number of hydrazone groups is 1. The molecule has 0 spiro atoms. The summed E-state index contributed by atoms with van der Waals surface area (Å²) in [5, 5.41) is 6.27. The molecule has 0 unspecified atom stereocenters. The Balaban J connectivity index is 1.76. The van der Waals surface area contributed by atoms with E-state index in [0.717, 1.165) is 33.8 Å². The molecule has 0 atom stereocenters. The van der Waals surface area contributed by atoms with Crippen LogP contribution in [0.1, 0.15) is 12.5 Å². The highest BCUT2D eigenvalue weighted by atomic mass is 19.1. The molecule has 0 aliphatic rings. The Morgan fingerprint density at radius 3 is 1.77 bits per heavy atom. The van der Waals surface area contributed by atoms with Gasteiger partial charge < -0.3 is 0 Å². The van der Waals surface area contributed by atoms with Crippen molar-refractivity contribution in [1.29, 1.82) is 0 Å². The molecule has 1 heterocycles. The van der Waals surface area contributed by atoms with Gasteiger partial charge in [-0.2, -0.15) is 5.10 Å². The van der Waals surface area contributed by atoms with Gasteiger partial charge in [0.25, 0.3) is 0 Å². The normalized spacial score (nSPS) is 11.4. The number of halogens is 1. The van der Waals surface area contributed by atoms with Crippen molar-refractivity contribution in [2.24, 2.45) is 5.10 Å². The molecule has 0 radical (unpaired) electrons. The maximum absolute atomic E-state index is 13.2. The van der Waals surface area contributed by atoms with Crippen LogP contribution in [-0.4, -0.2) is 22.7 Å². The summed E-state index contributed by atoms with van der Waals surface area (Å²) in [4.78, 5) is 9.48. The fourth-order valence-electron chi connectivity index (χ4n) is 3.11. The second kappa shape index (κ2) is 8.66. The zero-order chi connectivity index (χ0) is 20.9. The highest BCUT2D eigenvalue weighted by Gasteiger charge is 2.12. The number of rotatable bonds is 5. The Kier molecular flexibility index (Phi) is 5.61. The molecule has 0 fully saturated rings. The molecule has 5 heteroatoms. The topological polar surface area (TPSA) is 41.4 Å². The van der Waals surface area contributed by atoms with Crippen molar-refractivity contribution in [3.8, 4) is 22.5 Å². The van der Waals surface area contributed by atoms with E-state index in [2.05, 4.69) is 5.10 Å². The number of hydrogen-bond donors (Lipinski definition) is 0. The average molecular weight is 396 g/mol. The van der Waals surface area contributed by atoms with Gasteiger partial charge in [0.15, 0.2) is 0 Å². The third kappa shape index (κ3) is 4.41. The first-order valence-electron chi connectivity index (χ1n) is 9.65. The van der Waals surface area contributed by atoms with Gasteiger partial charge in [0, 0.05) is 18.2 Å². The number of aromatic nitrogens is 2. The zero-order valence-corrected chi connectivity index (χ0v) is 16.8. The SMILES string of the molecule is C/C(=N/N(C)c1nc(-c2ccccc2)cc(-c2ccccc2)n1)c1ccc(F)cc1. The van der Waals surface area contributed by atoms with Crippen LogP contribution in [0.5, 0.6) is 0 Å². The predicted octanol–water partition coefficient (Wildman–Crippen LogP) is 5.81. The van der Waals surface area contributed by atoms with Crippen molar-refractivity contribution in [3.63, 3.8) is 0 Å². The third-order valence-electron chi connectivity index (χ3n) is 4.70. The van der Waals surface area contributed by atoms with Crippen molar-refractivity contribution < 1.29 is 4.39 Å². The Morgan fingerprint density at radius 1 is 0.767 bits per heavy atom. The summed E-state index contributed by atoms with van der Waals surface area (Å²) in [7, 11) is 1.81. The first-order chi connectivity index (χ1) is 14.6. The van der Waals surface area contributed by atoms with Crippen LogP contribution in [0.4, 0.5) is 10.3 Å². The van der Waals surface area contributed by atoms with Crippen LogP contribution in [0.2, 0.25) is 0 Å². The highest BCUT2D eigenvalue weighted by molar-refractivity contribution is 5.99. The summed E-state index contributed by atoms with van der Waals surface area (Å²) < 4.78 is 13.2.